The standard InChI is InChI=1S/C23H29N3O2S/c1-14-11-15(2)26(24-14)13-21-9-8-10-22(12-21)25-29(27,28)23-19(6)17(4)16(3)18(5)20(23)7/h8-12,25H,13H2,1-7H3. The van der Waals surface area contributed by atoms with Gasteiger partial charge in [0.2, 0.25) is 0 Å². The first-order valence-electron chi connectivity index (χ1n) is 9.71. The van der Waals surface area contributed by atoms with Crippen LogP contribution in [0.2, 0.25) is 0 Å². The van der Waals surface area contributed by atoms with E-state index in [1.807, 2.05) is 77.4 Å². The van der Waals surface area contributed by atoms with Gasteiger partial charge in [0.1, 0.15) is 0 Å². The summed E-state index contributed by atoms with van der Waals surface area (Å²) >= 11 is 0. The van der Waals surface area contributed by atoms with Crippen molar-refractivity contribution >= 4 is 15.7 Å². The zero-order valence-electron chi connectivity index (χ0n) is 18.2. The zero-order chi connectivity index (χ0) is 21.5. The van der Waals surface area contributed by atoms with Gasteiger partial charge in [-0.25, -0.2) is 8.42 Å². The topological polar surface area (TPSA) is 64.0 Å². The van der Waals surface area contributed by atoms with E-state index >= 15 is 0 Å². The summed E-state index contributed by atoms with van der Waals surface area (Å²) in [6.07, 6.45) is 0. The maximum atomic E-state index is 13.3. The fourth-order valence-electron chi connectivity index (χ4n) is 3.82. The highest BCUT2D eigenvalue weighted by atomic mass is 32.2. The molecule has 0 unspecified atom stereocenters. The third-order valence-electron chi connectivity index (χ3n) is 5.81. The van der Waals surface area contributed by atoms with E-state index in [2.05, 4.69) is 9.82 Å². The highest BCUT2D eigenvalue weighted by Crippen LogP contribution is 2.31. The Morgan fingerprint density at radius 2 is 1.45 bits per heavy atom. The van der Waals surface area contributed by atoms with Gasteiger partial charge in [0.15, 0.2) is 0 Å². The van der Waals surface area contributed by atoms with E-state index in [0.29, 0.717) is 17.1 Å². The fourth-order valence-corrected chi connectivity index (χ4v) is 5.47. The lowest BCUT2D eigenvalue weighted by Crippen LogP contribution is -2.18. The minimum Gasteiger partial charge on any atom is -0.280 e. The minimum absolute atomic E-state index is 0.377. The summed E-state index contributed by atoms with van der Waals surface area (Å²) in [5.41, 5.74) is 8.37. The summed E-state index contributed by atoms with van der Waals surface area (Å²) in [7, 11) is -3.70. The van der Waals surface area contributed by atoms with Crippen LogP contribution in [0.5, 0.6) is 0 Å². The molecule has 0 aliphatic heterocycles. The van der Waals surface area contributed by atoms with Crippen LogP contribution < -0.4 is 4.72 Å². The molecule has 0 amide bonds. The molecule has 0 fully saturated rings. The first-order chi connectivity index (χ1) is 13.5. The summed E-state index contributed by atoms with van der Waals surface area (Å²) < 4.78 is 31.2. The summed E-state index contributed by atoms with van der Waals surface area (Å²) in [5, 5.41) is 4.49. The lowest BCUT2D eigenvalue weighted by Gasteiger charge is -2.19. The van der Waals surface area contributed by atoms with Gasteiger partial charge in [-0.3, -0.25) is 9.40 Å². The van der Waals surface area contributed by atoms with Crippen LogP contribution in [0.3, 0.4) is 0 Å². The fraction of sp³-hybridized carbons (Fsp3) is 0.348. The average Bonchev–Trinajstić information content (AvgIpc) is 2.95. The molecule has 0 aliphatic rings. The Hall–Kier alpha value is -2.60. The number of aromatic nitrogens is 2. The number of rotatable bonds is 5. The van der Waals surface area contributed by atoms with Gasteiger partial charge in [-0.15, -0.1) is 0 Å². The highest BCUT2D eigenvalue weighted by molar-refractivity contribution is 7.92. The van der Waals surface area contributed by atoms with Gasteiger partial charge in [-0.05, 0) is 100 Å². The lowest BCUT2D eigenvalue weighted by atomic mass is 9.95. The van der Waals surface area contributed by atoms with E-state index in [4.69, 9.17) is 0 Å². The molecule has 3 aromatic rings. The predicted molar refractivity (Wildman–Crippen MR) is 118 cm³/mol. The molecule has 0 radical (unpaired) electrons. The molecule has 5 nitrogen and oxygen atoms in total. The second kappa shape index (κ2) is 7.67. The molecule has 29 heavy (non-hydrogen) atoms. The molecule has 0 aliphatic carbocycles. The second-order valence-corrected chi connectivity index (χ2v) is 9.46. The van der Waals surface area contributed by atoms with Gasteiger partial charge in [-0.2, -0.15) is 5.10 Å². The molecular formula is C23H29N3O2S. The Bertz CT molecular complexity index is 1160. The van der Waals surface area contributed by atoms with Crippen molar-refractivity contribution in [3.8, 4) is 0 Å². The summed E-state index contributed by atoms with van der Waals surface area (Å²) in [5.74, 6) is 0. The number of hydrogen-bond donors (Lipinski definition) is 1. The largest absolute Gasteiger partial charge is 0.280 e. The molecule has 3 rings (SSSR count). The molecule has 2 aromatic carbocycles. The maximum absolute atomic E-state index is 13.3. The van der Waals surface area contributed by atoms with Gasteiger partial charge in [0.25, 0.3) is 10.0 Å². The first-order valence-corrected chi connectivity index (χ1v) is 11.2. The van der Waals surface area contributed by atoms with Gasteiger partial charge < -0.3 is 0 Å². The van der Waals surface area contributed by atoms with Crippen molar-refractivity contribution < 1.29 is 8.42 Å². The molecule has 1 heterocycles. The number of nitrogens with one attached hydrogen (secondary N) is 1. The minimum atomic E-state index is -3.70. The monoisotopic (exact) mass is 411 g/mol. The van der Waals surface area contributed by atoms with E-state index in [1.165, 1.54) is 0 Å². The molecule has 1 N–H and O–H groups in total. The first kappa shape index (κ1) is 21.1. The molecule has 154 valence electrons. The van der Waals surface area contributed by atoms with Crippen molar-refractivity contribution in [1.29, 1.82) is 0 Å². The summed E-state index contributed by atoms with van der Waals surface area (Å²) in [6.45, 7) is 14.3. The molecule has 6 heteroatoms. The van der Waals surface area contributed by atoms with Crippen LogP contribution in [0.4, 0.5) is 5.69 Å². The highest BCUT2D eigenvalue weighted by Gasteiger charge is 2.23. The predicted octanol–water partition coefficient (Wildman–Crippen LogP) is 4.89. The lowest BCUT2D eigenvalue weighted by molar-refractivity contribution is 0.599. The van der Waals surface area contributed by atoms with Gasteiger partial charge in [0.05, 0.1) is 17.1 Å². The Kier molecular flexibility index (Phi) is 5.59. The smallest absolute Gasteiger partial charge is 0.262 e. The second-order valence-electron chi connectivity index (χ2n) is 7.84. The molecule has 0 saturated heterocycles. The molecular weight excluding hydrogens is 382 g/mol. The van der Waals surface area contributed by atoms with Crippen LogP contribution in [0.25, 0.3) is 0 Å². The third-order valence-corrected chi connectivity index (χ3v) is 7.47. The number of benzene rings is 2. The zero-order valence-corrected chi connectivity index (χ0v) is 19.0. The maximum Gasteiger partial charge on any atom is 0.262 e. The number of aryl methyl sites for hydroxylation is 2. The van der Waals surface area contributed by atoms with E-state index in [0.717, 1.165) is 44.8 Å². The SMILES string of the molecule is Cc1cc(C)n(Cc2cccc(NS(=O)(=O)c3c(C)c(C)c(C)c(C)c3C)c2)n1. The normalized spacial score (nSPS) is 11.7. The molecule has 1 aromatic heterocycles. The van der Waals surface area contributed by atoms with Crippen LogP contribution >= 0.6 is 0 Å². The van der Waals surface area contributed by atoms with Crippen molar-refractivity contribution in [2.45, 2.75) is 59.9 Å². The van der Waals surface area contributed by atoms with Gasteiger partial charge in [-0.1, -0.05) is 12.1 Å². The van der Waals surface area contributed by atoms with Gasteiger partial charge >= 0.3 is 0 Å². The number of anilines is 1. The summed E-state index contributed by atoms with van der Waals surface area (Å²) in [6, 6.07) is 9.52. The van der Waals surface area contributed by atoms with Crippen molar-refractivity contribution in [1.82, 2.24) is 9.78 Å². The Morgan fingerprint density at radius 3 is 2.00 bits per heavy atom. The Balaban J connectivity index is 1.95. The van der Waals surface area contributed by atoms with Crippen LogP contribution in [-0.4, -0.2) is 18.2 Å². The van der Waals surface area contributed by atoms with E-state index in [9.17, 15) is 8.42 Å². The van der Waals surface area contributed by atoms with Crippen molar-refractivity contribution in [3.05, 3.63) is 75.1 Å². The van der Waals surface area contributed by atoms with Gasteiger partial charge in [0, 0.05) is 11.4 Å². The Morgan fingerprint density at radius 1 is 0.862 bits per heavy atom. The van der Waals surface area contributed by atoms with E-state index in [1.54, 1.807) is 6.07 Å². The van der Waals surface area contributed by atoms with Crippen molar-refractivity contribution in [3.63, 3.8) is 0 Å². The molecule has 0 bridgehead atoms. The number of nitrogens with zero attached hydrogens (tertiary/aromatic N) is 2. The Labute approximate surface area is 173 Å². The third kappa shape index (κ3) is 4.08. The quantitative estimate of drug-likeness (QED) is 0.650. The molecule has 0 atom stereocenters. The van der Waals surface area contributed by atoms with Crippen LogP contribution in [-0.2, 0) is 16.6 Å². The summed E-state index contributed by atoms with van der Waals surface area (Å²) in [4.78, 5) is 0.377. The van der Waals surface area contributed by atoms with Crippen molar-refractivity contribution in [2.75, 3.05) is 4.72 Å². The molecule has 0 saturated carbocycles. The average molecular weight is 412 g/mol. The van der Waals surface area contributed by atoms with Crippen molar-refractivity contribution in [2.24, 2.45) is 0 Å². The number of hydrogen-bond acceptors (Lipinski definition) is 3. The van der Waals surface area contributed by atoms with Crippen LogP contribution in [0, 0.1) is 48.5 Å². The number of sulfonamides is 1. The van der Waals surface area contributed by atoms with Crippen LogP contribution in [0.1, 0.15) is 44.8 Å². The van der Waals surface area contributed by atoms with E-state index < -0.39 is 10.0 Å². The van der Waals surface area contributed by atoms with Crippen LogP contribution in [0.15, 0.2) is 35.2 Å². The van der Waals surface area contributed by atoms with E-state index in [-0.39, 0.29) is 0 Å². The molecule has 0 spiro atoms.